The Bertz CT molecular complexity index is 462. The SMILES string of the molecule is CCCCCCCCCCCNC(=O)CCN(CCCN)CCC(=O)NCCCCCCCCCCC. The Kier molecular flexibility index (Phi) is 28.5. The van der Waals surface area contributed by atoms with Crippen LogP contribution in [0.2, 0.25) is 0 Å². The molecule has 0 aliphatic heterocycles. The van der Waals surface area contributed by atoms with Gasteiger partial charge in [0.2, 0.25) is 11.8 Å². The molecule has 6 nitrogen and oxygen atoms in total. The molecule has 0 bridgehead atoms. The molecule has 0 aromatic rings. The lowest BCUT2D eigenvalue weighted by molar-refractivity contribution is -0.121. The third-order valence-electron chi connectivity index (χ3n) is 7.19. The highest BCUT2D eigenvalue weighted by Crippen LogP contribution is 2.10. The Hall–Kier alpha value is -1.14. The Labute approximate surface area is 230 Å². The number of unbranched alkanes of at least 4 members (excludes halogenated alkanes) is 16. The lowest BCUT2D eigenvalue weighted by Gasteiger charge is -2.21. The van der Waals surface area contributed by atoms with Gasteiger partial charge in [-0.1, -0.05) is 117 Å². The van der Waals surface area contributed by atoms with E-state index in [1.54, 1.807) is 0 Å². The van der Waals surface area contributed by atoms with Crippen molar-refractivity contribution in [2.45, 2.75) is 149 Å². The molecule has 0 radical (unpaired) electrons. The summed E-state index contributed by atoms with van der Waals surface area (Å²) in [6.07, 6.45) is 25.1. The van der Waals surface area contributed by atoms with Crippen LogP contribution in [0, 0.1) is 0 Å². The molecule has 6 heteroatoms. The molecule has 0 saturated heterocycles. The molecule has 0 aliphatic rings. The summed E-state index contributed by atoms with van der Waals surface area (Å²) in [5.41, 5.74) is 5.70. The van der Waals surface area contributed by atoms with Gasteiger partial charge in [-0.15, -0.1) is 0 Å². The quantitative estimate of drug-likeness (QED) is 0.0949. The average molecular weight is 525 g/mol. The second-order valence-electron chi connectivity index (χ2n) is 10.8. The molecular formula is C31H64N4O2. The van der Waals surface area contributed by atoms with Gasteiger partial charge >= 0.3 is 0 Å². The van der Waals surface area contributed by atoms with Crippen molar-refractivity contribution in [2.75, 3.05) is 39.3 Å². The van der Waals surface area contributed by atoms with Crippen molar-refractivity contribution in [3.05, 3.63) is 0 Å². The Morgan fingerprint density at radius 2 is 0.865 bits per heavy atom. The van der Waals surface area contributed by atoms with Crippen LogP contribution >= 0.6 is 0 Å². The summed E-state index contributed by atoms with van der Waals surface area (Å²) in [5.74, 6) is 0.235. The van der Waals surface area contributed by atoms with Crippen LogP contribution in [0.25, 0.3) is 0 Å². The maximum Gasteiger partial charge on any atom is 0.221 e. The van der Waals surface area contributed by atoms with E-state index in [4.69, 9.17) is 5.73 Å². The first-order chi connectivity index (χ1) is 18.1. The van der Waals surface area contributed by atoms with Crippen LogP contribution < -0.4 is 16.4 Å². The number of nitrogens with two attached hydrogens (primary N) is 1. The number of amides is 2. The fourth-order valence-electron chi connectivity index (χ4n) is 4.67. The molecule has 220 valence electrons. The molecule has 0 unspecified atom stereocenters. The first-order valence-electron chi connectivity index (χ1n) is 16.1. The maximum absolute atomic E-state index is 12.3. The standard InChI is InChI=1S/C31H64N4O2/c1-3-5-7-9-11-13-15-17-19-25-33-30(36)22-28-35(27-21-24-32)29-23-31(37)34-26-20-18-16-14-12-10-8-6-4-2/h3-29,32H2,1-2H3,(H,33,36)(H,34,37). The lowest BCUT2D eigenvalue weighted by atomic mass is 10.1. The van der Waals surface area contributed by atoms with Gasteiger partial charge in [0.1, 0.15) is 0 Å². The highest BCUT2D eigenvalue weighted by atomic mass is 16.2. The van der Waals surface area contributed by atoms with Crippen molar-refractivity contribution in [3.8, 4) is 0 Å². The topological polar surface area (TPSA) is 87.5 Å². The van der Waals surface area contributed by atoms with Crippen LogP contribution in [0.1, 0.15) is 149 Å². The molecule has 0 heterocycles. The van der Waals surface area contributed by atoms with Crippen LogP contribution in [-0.4, -0.2) is 56.0 Å². The van der Waals surface area contributed by atoms with Gasteiger partial charge in [0, 0.05) is 39.0 Å². The first kappa shape index (κ1) is 35.9. The van der Waals surface area contributed by atoms with E-state index in [1.807, 2.05) is 0 Å². The van der Waals surface area contributed by atoms with Crippen molar-refractivity contribution in [3.63, 3.8) is 0 Å². The van der Waals surface area contributed by atoms with Crippen LogP contribution in [0.5, 0.6) is 0 Å². The zero-order chi connectivity index (χ0) is 27.2. The van der Waals surface area contributed by atoms with Gasteiger partial charge in [-0.05, 0) is 32.4 Å². The second-order valence-corrected chi connectivity index (χ2v) is 10.8. The van der Waals surface area contributed by atoms with E-state index in [0.29, 0.717) is 32.5 Å². The Morgan fingerprint density at radius 3 is 1.22 bits per heavy atom. The predicted octanol–water partition coefficient (Wildman–Crippen LogP) is 6.71. The Morgan fingerprint density at radius 1 is 0.514 bits per heavy atom. The zero-order valence-corrected chi connectivity index (χ0v) is 24.9. The summed E-state index contributed by atoms with van der Waals surface area (Å²) >= 11 is 0. The lowest BCUT2D eigenvalue weighted by Crippen LogP contribution is -2.35. The van der Waals surface area contributed by atoms with Crippen LogP contribution in [0.3, 0.4) is 0 Å². The molecule has 0 aliphatic carbocycles. The van der Waals surface area contributed by atoms with Crippen LogP contribution in [0.4, 0.5) is 0 Å². The van der Waals surface area contributed by atoms with Gasteiger partial charge in [0.15, 0.2) is 0 Å². The molecule has 0 rings (SSSR count). The number of hydrogen-bond donors (Lipinski definition) is 3. The third kappa shape index (κ3) is 27.7. The van der Waals surface area contributed by atoms with E-state index in [1.165, 1.54) is 103 Å². The van der Waals surface area contributed by atoms with Crippen molar-refractivity contribution < 1.29 is 9.59 Å². The van der Waals surface area contributed by atoms with Crippen molar-refractivity contribution in [2.24, 2.45) is 5.73 Å². The number of hydrogen-bond acceptors (Lipinski definition) is 4. The average Bonchev–Trinajstić information content (AvgIpc) is 2.90. The smallest absolute Gasteiger partial charge is 0.221 e. The number of carbonyl (C=O) groups is 2. The monoisotopic (exact) mass is 525 g/mol. The number of nitrogens with zero attached hydrogens (tertiary/aromatic N) is 1. The molecule has 0 aromatic carbocycles. The van der Waals surface area contributed by atoms with Gasteiger partial charge < -0.3 is 21.3 Å². The molecule has 37 heavy (non-hydrogen) atoms. The van der Waals surface area contributed by atoms with Gasteiger partial charge in [-0.3, -0.25) is 9.59 Å². The minimum atomic E-state index is 0.118. The van der Waals surface area contributed by atoms with Crippen molar-refractivity contribution in [1.82, 2.24) is 15.5 Å². The van der Waals surface area contributed by atoms with Crippen molar-refractivity contribution in [1.29, 1.82) is 0 Å². The maximum atomic E-state index is 12.3. The van der Waals surface area contributed by atoms with E-state index in [9.17, 15) is 9.59 Å². The fourth-order valence-corrected chi connectivity index (χ4v) is 4.67. The van der Waals surface area contributed by atoms with E-state index in [2.05, 4.69) is 29.4 Å². The summed E-state index contributed by atoms with van der Waals surface area (Å²) in [6.45, 7) is 8.91. The molecule has 4 N–H and O–H groups in total. The number of rotatable bonds is 29. The minimum absolute atomic E-state index is 0.118. The molecule has 0 aromatic heterocycles. The highest BCUT2D eigenvalue weighted by Gasteiger charge is 2.10. The van der Waals surface area contributed by atoms with E-state index >= 15 is 0 Å². The molecule has 0 atom stereocenters. The fraction of sp³-hybridized carbons (Fsp3) is 0.935. The van der Waals surface area contributed by atoms with E-state index in [0.717, 1.165) is 38.9 Å². The highest BCUT2D eigenvalue weighted by molar-refractivity contribution is 5.76. The molecule has 0 spiro atoms. The normalized spacial score (nSPS) is 11.2. The molecule has 2 amide bonds. The molecular weight excluding hydrogens is 460 g/mol. The van der Waals surface area contributed by atoms with Crippen LogP contribution in [0.15, 0.2) is 0 Å². The summed E-state index contributed by atoms with van der Waals surface area (Å²) < 4.78 is 0. The summed E-state index contributed by atoms with van der Waals surface area (Å²) in [6, 6.07) is 0. The predicted molar refractivity (Wildman–Crippen MR) is 160 cm³/mol. The van der Waals surface area contributed by atoms with Gasteiger partial charge in [0.25, 0.3) is 0 Å². The summed E-state index contributed by atoms with van der Waals surface area (Å²) in [4.78, 5) is 26.7. The van der Waals surface area contributed by atoms with E-state index in [-0.39, 0.29) is 11.8 Å². The number of nitrogens with one attached hydrogen (secondary N) is 2. The minimum Gasteiger partial charge on any atom is -0.356 e. The Balaban J connectivity index is 3.79. The van der Waals surface area contributed by atoms with Gasteiger partial charge in [-0.25, -0.2) is 0 Å². The summed E-state index contributed by atoms with van der Waals surface area (Å²) in [7, 11) is 0. The van der Waals surface area contributed by atoms with Gasteiger partial charge in [-0.2, -0.15) is 0 Å². The number of carbonyl (C=O) groups excluding carboxylic acids is 2. The van der Waals surface area contributed by atoms with Crippen LogP contribution in [-0.2, 0) is 9.59 Å². The zero-order valence-electron chi connectivity index (χ0n) is 24.9. The molecule has 0 saturated carbocycles. The second kappa shape index (κ2) is 29.4. The van der Waals surface area contributed by atoms with Gasteiger partial charge in [0.05, 0.1) is 0 Å². The molecule has 0 fully saturated rings. The van der Waals surface area contributed by atoms with Crippen molar-refractivity contribution >= 4 is 11.8 Å². The third-order valence-corrected chi connectivity index (χ3v) is 7.19. The summed E-state index contributed by atoms with van der Waals surface area (Å²) in [5, 5.41) is 6.14. The van der Waals surface area contributed by atoms with E-state index < -0.39 is 0 Å². The largest absolute Gasteiger partial charge is 0.356 e. The first-order valence-corrected chi connectivity index (χ1v) is 16.1.